The molecule has 0 saturated carbocycles. The van der Waals surface area contributed by atoms with Gasteiger partial charge >= 0.3 is 0 Å². The summed E-state index contributed by atoms with van der Waals surface area (Å²) in [5.74, 6) is -0.412. The molecule has 0 aliphatic carbocycles. The zero-order valence-corrected chi connectivity index (χ0v) is 12.2. The Labute approximate surface area is 119 Å². The normalized spacial score (nSPS) is 18.4. The van der Waals surface area contributed by atoms with Gasteiger partial charge in [0.25, 0.3) is 0 Å². The molecule has 0 aromatic heterocycles. The van der Waals surface area contributed by atoms with Gasteiger partial charge in [-0.05, 0) is 51.4 Å². The van der Waals surface area contributed by atoms with Crippen molar-refractivity contribution in [2.45, 2.75) is 38.8 Å². The first kappa shape index (κ1) is 14.8. The summed E-state index contributed by atoms with van der Waals surface area (Å²) in [5.41, 5.74) is 1.04. The van der Waals surface area contributed by atoms with Gasteiger partial charge in [-0.3, -0.25) is 4.79 Å². The summed E-state index contributed by atoms with van der Waals surface area (Å²) < 4.78 is 14.1. The van der Waals surface area contributed by atoms with Gasteiger partial charge in [0.2, 0.25) is 5.91 Å². The molecule has 1 aromatic carbocycles. The lowest BCUT2D eigenvalue weighted by Gasteiger charge is -2.24. The van der Waals surface area contributed by atoms with Gasteiger partial charge in [-0.2, -0.15) is 0 Å². The number of hydrogen-bond donors (Lipinski definition) is 2. The lowest BCUT2D eigenvalue weighted by atomic mass is 10.2. The summed E-state index contributed by atoms with van der Waals surface area (Å²) in [5, 5.41) is 5.88. The minimum absolute atomic E-state index is 0.0909. The van der Waals surface area contributed by atoms with Crippen molar-refractivity contribution in [2.24, 2.45) is 0 Å². The lowest BCUT2D eigenvalue weighted by molar-refractivity contribution is -0.117. The number of amides is 1. The number of carbonyl (C=O) groups is 1. The van der Waals surface area contributed by atoms with Crippen molar-refractivity contribution in [3.63, 3.8) is 0 Å². The maximum Gasteiger partial charge on any atom is 0.241 e. The molecular formula is C15H22FN3O. The van der Waals surface area contributed by atoms with Crippen LogP contribution >= 0.6 is 0 Å². The Morgan fingerprint density at radius 2 is 2.25 bits per heavy atom. The number of benzene rings is 1. The number of nitrogens with zero attached hydrogens (tertiary/aromatic N) is 1. The number of halogens is 1. The standard InChI is InChI=1S/C15H22FN3O/c1-10(2)19(3)14-7-6-11(9-12(14)16)18-15(20)13-5-4-8-17-13/h6-7,9-10,13,17H,4-5,8H2,1-3H3,(H,18,20)/t13-/m0/s1. The molecule has 20 heavy (non-hydrogen) atoms. The zero-order chi connectivity index (χ0) is 14.7. The number of anilines is 2. The third-order valence-electron chi connectivity index (χ3n) is 3.75. The molecule has 1 fully saturated rings. The SMILES string of the molecule is CC(C)N(C)c1ccc(NC(=O)[C@@H]2CCCN2)cc1F. The van der Waals surface area contributed by atoms with Crippen molar-refractivity contribution in [3.8, 4) is 0 Å². The van der Waals surface area contributed by atoms with Crippen molar-refractivity contribution >= 4 is 17.3 Å². The van der Waals surface area contributed by atoms with E-state index in [-0.39, 0.29) is 23.8 Å². The van der Waals surface area contributed by atoms with E-state index in [1.807, 2.05) is 25.8 Å². The molecule has 110 valence electrons. The molecule has 0 unspecified atom stereocenters. The van der Waals surface area contributed by atoms with Crippen molar-refractivity contribution < 1.29 is 9.18 Å². The largest absolute Gasteiger partial charge is 0.370 e. The smallest absolute Gasteiger partial charge is 0.241 e. The van der Waals surface area contributed by atoms with Gasteiger partial charge in [0.05, 0.1) is 11.7 Å². The first-order valence-corrected chi connectivity index (χ1v) is 7.05. The van der Waals surface area contributed by atoms with E-state index in [0.717, 1.165) is 19.4 Å². The average Bonchev–Trinajstić information content (AvgIpc) is 2.92. The fourth-order valence-corrected chi connectivity index (χ4v) is 2.29. The van der Waals surface area contributed by atoms with Crippen LogP contribution in [-0.2, 0) is 4.79 Å². The van der Waals surface area contributed by atoms with Crippen LogP contribution in [0.2, 0.25) is 0 Å². The highest BCUT2D eigenvalue weighted by Crippen LogP contribution is 2.23. The Kier molecular flexibility index (Phi) is 4.60. The van der Waals surface area contributed by atoms with Crippen LogP contribution in [0.4, 0.5) is 15.8 Å². The molecule has 0 bridgehead atoms. The van der Waals surface area contributed by atoms with Gasteiger partial charge in [0, 0.05) is 18.8 Å². The lowest BCUT2D eigenvalue weighted by Crippen LogP contribution is -2.35. The van der Waals surface area contributed by atoms with E-state index in [9.17, 15) is 9.18 Å². The number of carbonyl (C=O) groups excluding carboxylic acids is 1. The van der Waals surface area contributed by atoms with E-state index >= 15 is 0 Å². The summed E-state index contributed by atoms with van der Waals surface area (Å²) >= 11 is 0. The molecule has 0 radical (unpaired) electrons. The summed E-state index contributed by atoms with van der Waals surface area (Å²) in [4.78, 5) is 13.8. The van der Waals surface area contributed by atoms with Crippen molar-refractivity contribution in [1.82, 2.24) is 5.32 Å². The van der Waals surface area contributed by atoms with Crippen LogP contribution < -0.4 is 15.5 Å². The van der Waals surface area contributed by atoms with Crippen LogP contribution in [0, 0.1) is 5.82 Å². The minimum atomic E-state index is -0.321. The van der Waals surface area contributed by atoms with Crippen molar-refractivity contribution in [2.75, 3.05) is 23.8 Å². The quantitative estimate of drug-likeness (QED) is 0.889. The molecule has 0 spiro atoms. The van der Waals surface area contributed by atoms with Gasteiger partial charge in [0.15, 0.2) is 0 Å². The Hall–Kier alpha value is -1.62. The Balaban J connectivity index is 2.07. The Morgan fingerprint density at radius 3 is 2.80 bits per heavy atom. The Bertz CT molecular complexity index is 484. The first-order chi connectivity index (χ1) is 9.49. The predicted molar refractivity (Wildman–Crippen MR) is 79.6 cm³/mol. The molecular weight excluding hydrogens is 257 g/mol. The topological polar surface area (TPSA) is 44.4 Å². The highest BCUT2D eigenvalue weighted by Gasteiger charge is 2.22. The molecule has 5 heteroatoms. The van der Waals surface area contributed by atoms with Crippen LogP contribution in [0.5, 0.6) is 0 Å². The number of nitrogens with one attached hydrogen (secondary N) is 2. The highest BCUT2D eigenvalue weighted by molar-refractivity contribution is 5.95. The fraction of sp³-hybridized carbons (Fsp3) is 0.533. The van der Waals surface area contributed by atoms with E-state index < -0.39 is 0 Å². The Morgan fingerprint density at radius 1 is 1.50 bits per heavy atom. The van der Waals surface area contributed by atoms with Gasteiger partial charge < -0.3 is 15.5 Å². The molecule has 1 amide bonds. The van der Waals surface area contributed by atoms with Crippen LogP contribution in [0.3, 0.4) is 0 Å². The third-order valence-corrected chi connectivity index (χ3v) is 3.75. The molecule has 1 aliphatic heterocycles. The molecule has 2 N–H and O–H groups in total. The summed E-state index contributed by atoms with van der Waals surface area (Å²) in [6, 6.07) is 4.88. The van der Waals surface area contributed by atoms with Gasteiger partial charge in [-0.15, -0.1) is 0 Å². The second kappa shape index (κ2) is 6.22. The van der Waals surface area contributed by atoms with Crippen LogP contribution in [-0.4, -0.2) is 31.6 Å². The predicted octanol–water partition coefficient (Wildman–Crippen LogP) is 2.36. The molecule has 1 heterocycles. The maximum absolute atomic E-state index is 14.1. The van der Waals surface area contributed by atoms with Crippen LogP contribution in [0.1, 0.15) is 26.7 Å². The summed E-state index contributed by atoms with van der Waals surface area (Å²) in [7, 11) is 1.85. The first-order valence-electron chi connectivity index (χ1n) is 7.05. The van der Waals surface area contributed by atoms with E-state index in [2.05, 4.69) is 10.6 Å². The summed E-state index contributed by atoms with van der Waals surface area (Å²) in [6.45, 7) is 4.87. The fourth-order valence-electron chi connectivity index (χ4n) is 2.29. The van der Waals surface area contributed by atoms with Crippen LogP contribution in [0.25, 0.3) is 0 Å². The third kappa shape index (κ3) is 3.28. The highest BCUT2D eigenvalue weighted by atomic mass is 19.1. The number of rotatable bonds is 4. The number of hydrogen-bond acceptors (Lipinski definition) is 3. The molecule has 1 aliphatic rings. The molecule has 1 saturated heterocycles. The van der Waals surface area contributed by atoms with E-state index in [1.54, 1.807) is 12.1 Å². The maximum atomic E-state index is 14.1. The zero-order valence-electron chi connectivity index (χ0n) is 12.2. The van der Waals surface area contributed by atoms with E-state index in [1.165, 1.54) is 6.07 Å². The molecule has 4 nitrogen and oxygen atoms in total. The average molecular weight is 279 g/mol. The summed E-state index contributed by atoms with van der Waals surface area (Å²) in [6.07, 6.45) is 1.84. The van der Waals surface area contributed by atoms with Crippen LogP contribution in [0.15, 0.2) is 18.2 Å². The second-order valence-electron chi connectivity index (χ2n) is 5.51. The van der Waals surface area contributed by atoms with Gasteiger partial charge in [0.1, 0.15) is 5.82 Å². The van der Waals surface area contributed by atoms with Gasteiger partial charge in [-0.1, -0.05) is 0 Å². The van der Waals surface area contributed by atoms with E-state index in [4.69, 9.17) is 0 Å². The molecule has 1 atom stereocenters. The molecule has 1 aromatic rings. The molecule has 2 rings (SSSR count). The minimum Gasteiger partial charge on any atom is -0.370 e. The monoisotopic (exact) mass is 279 g/mol. The van der Waals surface area contributed by atoms with E-state index in [0.29, 0.717) is 11.4 Å². The van der Waals surface area contributed by atoms with Gasteiger partial charge in [-0.25, -0.2) is 4.39 Å². The second-order valence-corrected chi connectivity index (χ2v) is 5.51. The van der Waals surface area contributed by atoms with Crippen molar-refractivity contribution in [1.29, 1.82) is 0 Å². The van der Waals surface area contributed by atoms with Crippen molar-refractivity contribution in [3.05, 3.63) is 24.0 Å².